The summed E-state index contributed by atoms with van der Waals surface area (Å²) in [5, 5.41) is 0. The molecule has 2 heterocycles. The van der Waals surface area contributed by atoms with Crippen LogP contribution in [0.3, 0.4) is 0 Å². The van der Waals surface area contributed by atoms with Crippen LogP contribution in [-0.4, -0.2) is 29.4 Å². The van der Waals surface area contributed by atoms with E-state index in [1.807, 2.05) is 0 Å². The van der Waals surface area contributed by atoms with Crippen LogP contribution in [0.15, 0.2) is 36.8 Å². The molecule has 2 saturated carbocycles. The topological polar surface area (TPSA) is 6.48 Å². The highest BCUT2D eigenvalue weighted by Crippen LogP contribution is 2.48. The lowest BCUT2D eigenvalue weighted by Gasteiger charge is -2.30. The van der Waals surface area contributed by atoms with Crippen molar-refractivity contribution in [3.05, 3.63) is 36.8 Å². The number of nitrogens with zero attached hydrogens (tertiary/aromatic N) is 2. The predicted octanol–water partition coefficient (Wildman–Crippen LogP) is 7.85. The summed E-state index contributed by atoms with van der Waals surface area (Å²) in [5.41, 5.74) is 4.83. The third kappa shape index (κ3) is 5.99. The molecule has 0 aromatic heterocycles. The summed E-state index contributed by atoms with van der Waals surface area (Å²) in [7, 11) is 0. The molecule has 4 fully saturated rings. The van der Waals surface area contributed by atoms with E-state index >= 15 is 0 Å². The molecule has 2 heteroatoms. The highest BCUT2D eigenvalue weighted by Gasteiger charge is 2.41. The summed E-state index contributed by atoms with van der Waals surface area (Å²) in [4.78, 5) is 4.96. The molecule has 4 unspecified atom stereocenters. The summed E-state index contributed by atoms with van der Waals surface area (Å²) in [6.45, 7) is 30.3. The van der Waals surface area contributed by atoms with Crippen molar-refractivity contribution in [3.63, 3.8) is 0 Å². The van der Waals surface area contributed by atoms with Gasteiger partial charge >= 0.3 is 0 Å². The molecule has 0 spiro atoms. The molecule has 4 rings (SSSR count). The number of rotatable bonds is 2. The van der Waals surface area contributed by atoms with Gasteiger partial charge in [-0.15, -0.1) is 0 Å². The van der Waals surface area contributed by atoms with E-state index in [9.17, 15) is 0 Å². The number of hydrogen-bond acceptors (Lipinski definition) is 2. The third-order valence-corrected chi connectivity index (χ3v) is 7.81. The van der Waals surface area contributed by atoms with Gasteiger partial charge in [-0.3, -0.25) is 0 Å². The molecule has 0 amide bonds. The Balaban J connectivity index is 0.000000176. The van der Waals surface area contributed by atoms with Gasteiger partial charge in [-0.25, -0.2) is 0 Å². The van der Waals surface area contributed by atoms with E-state index in [4.69, 9.17) is 0 Å². The molecule has 0 aromatic carbocycles. The van der Waals surface area contributed by atoms with Gasteiger partial charge in [-0.2, -0.15) is 0 Å². The van der Waals surface area contributed by atoms with E-state index in [0.29, 0.717) is 22.7 Å². The Morgan fingerprint density at radius 1 is 0.645 bits per heavy atom. The molecule has 2 aliphatic carbocycles. The Bertz CT molecular complexity index is 650. The zero-order chi connectivity index (χ0) is 23.0. The van der Waals surface area contributed by atoms with Crippen molar-refractivity contribution in [2.24, 2.45) is 34.5 Å². The minimum atomic E-state index is 0.319. The fraction of sp³-hybridized carbons (Fsp3) is 0.793. The lowest BCUT2D eigenvalue weighted by molar-refractivity contribution is 0.244. The molecule has 2 aliphatic heterocycles. The van der Waals surface area contributed by atoms with Gasteiger partial charge in [-0.1, -0.05) is 87.0 Å². The fourth-order valence-electron chi connectivity index (χ4n) is 6.43. The predicted molar refractivity (Wildman–Crippen MR) is 136 cm³/mol. The van der Waals surface area contributed by atoms with Crippen LogP contribution in [0.5, 0.6) is 0 Å². The Hall–Kier alpha value is -1.18. The number of allylic oxidation sites excluding steroid dienone is 3. The summed E-state index contributed by atoms with van der Waals surface area (Å²) in [6, 6.07) is 0. The Morgan fingerprint density at radius 2 is 1.10 bits per heavy atom. The van der Waals surface area contributed by atoms with Crippen molar-refractivity contribution < 1.29 is 0 Å². The second kappa shape index (κ2) is 9.36. The van der Waals surface area contributed by atoms with Crippen molar-refractivity contribution in [1.82, 2.24) is 9.80 Å². The Morgan fingerprint density at radius 3 is 1.55 bits per heavy atom. The SMILES string of the molecule is C=C1C2CCCCC2C(=C)N1CC(C)(C)C.C=C1C2CCCCC2CN1CC(C)(C)C. The van der Waals surface area contributed by atoms with Crippen molar-refractivity contribution >= 4 is 0 Å². The van der Waals surface area contributed by atoms with Crippen LogP contribution in [0.25, 0.3) is 0 Å². The number of hydrogen-bond donors (Lipinski definition) is 0. The highest BCUT2D eigenvalue weighted by atomic mass is 15.2. The van der Waals surface area contributed by atoms with Gasteiger partial charge in [0.15, 0.2) is 0 Å². The molecule has 0 bridgehead atoms. The van der Waals surface area contributed by atoms with Gasteiger partial charge in [0, 0.05) is 54.5 Å². The molecule has 4 aliphatic rings. The van der Waals surface area contributed by atoms with Gasteiger partial charge in [0.1, 0.15) is 0 Å². The second-order valence-corrected chi connectivity index (χ2v) is 13.2. The maximum Gasteiger partial charge on any atom is 0.0273 e. The maximum absolute atomic E-state index is 4.33. The molecule has 4 atom stereocenters. The first kappa shape index (κ1) is 24.5. The average Bonchev–Trinajstić information content (AvgIpc) is 3.10. The first-order valence-electron chi connectivity index (χ1n) is 13.0. The highest BCUT2D eigenvalue weighted by molar-refractivity contribution is 5.25. The van der Waals surface area contributed by atoms with E-state index in [0.717, 1.165) is 18.4 Å². The van der Waals surface area contributed by atoms with E-state index in [-0.39, 0.29) is 0 Å². The average molecular weight is 427 g/mol. The number of fused-ring (bicyclic) bond motifs is 2. The van der Waals surface area contributed by atoms with Crippen LogP contribution >= 0.6 is 0 Å². The Labute approximate surface area is 193 Å². The normalized spacial score (nSPS) is 31.4. The summed E-state index contributed by atoms with van der Waals surface area (Å²) in [5.74, 6) is 3.14. The van der Waals surface area contributed by atoms with E-state index < -0.39 is 0 Å². The zero-order valence-corrected chi connectivity index (χ0v) is 21.6. The fourth-order valence-corrected chi connectivity index (χ4v) is 6.43. The molecule has 2 nitrogen and oxygen atoms in total. The van der Waals surface area contributed by atoms with Gasteiger partial charge in [-0.05, 0) is 42.4 Å². The van der Waals surface area contributed by atoms with E-state index in [2.05, 4.69) is 71.1 Å². The molecule has 0 N–H and O–H groups in total. The lowest BCUT2D eigenvalue weighted by Crippen LogP contribution is -2.29. The van der Waals surface area contributed by atoms with Crippen molar-refractivity contribution in [2.75, 3.05) is 19.6 Å². The summed E-state index contributed by atoms with van der Waals surface area (Å²) in [6.07, 6.45) is 11.1. The van der Waals surface area contributed by atoms with Crippen LogP contribution in [0.4, 0.5) is 0 Å². The maximum atomic E-state index is 4.33. The largest absolute Gasteiger partial charge is 0.374 e. The zero-order valence-electron chi connectivity index (χ0n) is 21.6. The van der Waals surface area contributed by atoms with Gasteiger partial charge in [0.05, 0.1) is 0 Å². The molecular formula is C29H50N2. The van der Waals surface area contributed by atoms with Crippen LogP contribution in [0.1, 0.15) is 92.9 Å². The molecule has 176 valence electrons. The van der Waals surface area contributed by atoms with Gasteiger partial charge in [0.25, 0.3) is 0 Å². The summed E-state index contributed by atoms with van der Waals surface area (Å²) >= 11 is 0. The molecular weight excluding hydrogens is 376 g/mol. The van der Waals surface area contributed by atoms with Crippen LogP contribution in [0.2, 0.25) is 0 Å². The lowest BCUT2D eigenvalue weighted by atomic mass is 9.79. The first-order valence-corrected chi connectivity index (χ1v) is 13.0. The second-order valence-electron chi connectivity index (χ2n) is 13.2. The minimum absolute atomic E-state index is 0.319. The molecule has 0 radical (unpaired) electrons. The van der Waals surface area contributed by atoms with Crippen molar-refractivity contribution in [1.29, 1.82) is 0 Å². The quantitative estimate of drug-likeness (QED) is 0.443. The molecule has 0 aromatic rings. The monoisotopic (exact) mass is 426 g/mol. The minimum Gasteiger partial charge on any atom is -0.374 e. The number of likely N-dealkylation sites (tertiary alicyclic amines) is 2. The van der Waals surface area contributed by atoms with Gasteiger partial charge < -0.3 is 9.80 Å². The first-order chi connectivity index (χ1) is 14.4. The standard InChI is InChI=1S/C15H25N.C14H25N/c1-11-13-8-6-7-9-14(13)12(2)16(11)10-15(3,4)5;1-11-13-8-6-5-7-12(13)9-15(11)10-14(2,3)4/h13-14H,1-2,6-10H2,3-5H3;12-13H,1,5-10H2,2-4H3. The smallest absolute Gasteiger partial charge is 0.0273 e. The summed E-state index contributed by atoms with van der Waals surface area (Å²) < 4.78 is 0. The van der Waals surface area contributed by atoms with E-state index in [1.165, 1.54) is 81.5 Å². The van der Waals surface area contributed by atoms with Crippen molar-refractivity contribution in [2.45, 2.75) is 92.9 Å². The van der Waals surface area contributed by atoms with E-state index in [1.54, 1.807) is 0 Å². The van der Waals surface area contributed by atoms with Crippen molar-refractivity contribution in [3.8, 4) is 0 Å². The third-order valence-electron chi connectivity index (χ3n) is 7.81. The Kier molecular flexibility index (Phi) is 7.38. The molecule has 2 saturated heterocycles. The van der Waals surface area contributed by atoms with Crippen LogP contribution in [0, 0.1) is 34.5 Å². The van der Waals surface area contributed by atoms with Crippen LogP contribution < -0.4 is 0 Å². The molecule has 31 heavy (non-hydrogen) atoms. The van der Waals surface area contributed by atoms with Crippen LogP contribution in [-0.2, 0) is 0 Å². The van der Waals surface area contributed by atoms with Gasteiger partial charge in [0.2, 0.25) is 0 Å².